The molecule has 0 aromatic heterocycles. The van der Waals surface area contributed by atoms with E-state index in [0.717, 1.165) is 0 Å². The maximum Gasteiger partial charge on any atom is 0.159 e. The van der Waals surface area contributed by atoms with E-state index >= 15 is 0 Å². The van der Waals surface area contributed by atoms with Gasteiger partial charge in [0.05, 0.1) is 20.5 Å². The van der Waals surface area contributed by atoms with Gasteiger partial charge in [0.25, 0.3) is 0 Å². The molecule has 1 aliphatic rings. The zero-order valence-corrected chi connectivity index (χ0v) is 8.48. The first-order valence-electron chi connectivity index (χ1n) is 4.11. The van der Waals surface area contributed by atoms with Crippen LogP contribution in [0.25, 0.3) is 0 Å². The summed E-state index contributed by atoms with van der Waals surface area (Å²) in [5.41, 5.74) is 0. The third-order valence-corrected chi connectivity index (χ3v) is 2.92. The van der Waals surface area contributed by atoms with Crippen molar-refractivity contribution in [3.8, 4) is 0 Å². The highest BCUT2D eigenvalue weighted by molar-refractivity contribution is 7.54. The fourth-order valence-corrected chi connectivity index (χ4v) is 2.30. The summed E-state index contributed by atoms with van der Waals surface area (Å²) in [7, 11) is 2.21. The molecule has 1 aliphatic heterocycles. The van der Waals surface area contributed by atoms with E-state index in [0.29, 0.717) is 0 Å². The minimum atomic E-state index is 0.0198. The molecule has 0 aliphatic carbocycles. The second-order valence-corrected chi connectivity index (χ2v) is 5.41. The van der Waals surface area contributed by atoms with Crippen LogP contribution in [0.5, 0.6) is 0 Å². The van der Waals surface area contributed by atoms with Gasteiger partial charge in [0, 0.05) is 26.2 Å². The molecule has 64 valence electrons. The average molecular weight is 173 g/mol. The van der Waals surface area contributed by atoms with Gasteiger partial charge in [-0.2, -0.15) is 0 Å². The van der Waals surface area contributed by atoms with Gasteiger partial charge in [-0.25, -0.2) is 0 Å². The molecule has 0 N–H and O–H groups in total. The average Bonchev–Trinajstić information content (AvgIpc) is 1.93. The van der Waals surface area contributed by atoms with Crippen molar-refractivity contribution in [1.29, 1.82) is 0 Å². The quantitative estimate of drug-likeness (QED) is 0.568. The first-order valence-corrected chi connectivity index (χ1v) is 6.27. The minimum absolute atomic E-state index is 0.0198. The Balaban J connectivity index is 2.22. The van der Waals surface area contributed by atoms with E-state index in [2.05, 4.69) is 29.8 Å². The Bertz CT molecular complexity index is 139. The van der Waals surface area contributed by atoms with Crippen LogP contribution in [0.4, 0.5) is 0 Å². The minimum Gasteiger partial charge on any atom is -0.304 e. The van der Waals surface area contributed by atoms with Crippen LogP contribution in [0, 0.1) is 0 Å². The molecule has 0 spiro atoms. The molecule has 3 heteroatoms. The van der Waals surface area contributed by atoms with Crippen LogP contribution in [0.15, 0.2) is 0 Å². The van der Waals surface area contributed by atoms with Crippen LogP contribution in [0.3, 0.4) is 0 Å². The van der Waals surface area contributed by atoms with E-state index < -0.39 is 0 Å². The molecule has 0 amide bonds. The van der Waals surface area contributed by atoms with E-state index in [-0.39, 0.29) is 7.55 Å². The highest BCUT2D eigenvalue weighted by Crippen LogP contribution is 2.15. The van der Waals surface area contributed by atoms with Gasteiger partial charge in [-0.3, -0.25) is 4.90 Å². The maximum atomic E-state index is 4.06. The summed E-state index contributed by atoms with van der Waals surface area (Å²) >= 11 is 0. The van der Waals surface area contributed by atoms with Gasteiger partial charge >= 0.3 is 0 Å². The van der Waals surface area contributed by atoms with E-state index in [9.17, 15) is 0 Å². The third-order valence-electron chi connectivity index (χ3n) is 2.04. The maximum absolute atomic E-state index is 4.06. The molecule has 0 radical (unpaired) electrons. The fourth-order valence-electron chi connectivity index (χ4n) is 1.33. The van der Waals surface area contributed by atoms with Crippen LogP contribution >= 0.6 is 7.55 Å². The Hall–Kier alpha value is 0.0900. The third kappa shape index (κ3) is 3.33. The fraction of sp³-hybridized carbons (Fsp3) is 0.875. The van der Waals surface area contributed by atoms with E-state index in [1.54, 1.807) is 0 Å². The Morgan fingerprint density at radius 3 is 2.27 bits per heavy atom. The summed E-state index contributed by atoms with van der Waals surface area (Å²) in [4.78, 5) is 4.91. The van der Waals surface area contributed by atoms with Crippen LogP contribution in [0.2, 0.25) is 0 Å². The summed E-state index contributed by atoms with van der Waals surface area (Å²) in [6.07, 6.45) is 5.29. The molecular weight excluding hydrogens is 155 g/mol. The highest BCUT2D eigenvalue weighted by atomic mass is 31.1. The molecule has 1 saturated heterocycles. The second kappa shape index (κ2) is 4.20. The van der Waals surface area contributed by atoms with Gasteiger partial charge in [0.2, 0.25) is 0 Å². The molecule has 11 heavy (non-hydrogen) atoms. The first-order chi connectivity index (χ1) is 5.18. The first kappa shape index (κ1) is 9.18. The van der Waals surface area contributed by atoms with Crippen LogP contribution in [-0.4, -0.2) is 62.3 Å². The number of rotatable bonds is 2. The lowest BCUT2D eigenvalue weighted by atomic mass is 10.4. The lowest BCUT2D eigenvalue weighted by Crippen LogP contribution is -2.44. The molecule has 1 heterocycles. The molecule has 0 saturated carbocycles. The zero-order chi connectivity index (χ0) is 8.27. The predicted molar refractivity (Wildman–Crippen MR) is 53.9 cm³/mol. The Morgan fingerprint density at radius 1 is 1.27 bits per heavy atom. The van der Waals surface area contributed by atoms with Gasteiger partial charge in [-0.15, -0.1) is 0 Å². The summed E-state index contributed by atoms with van der Waals surface area (Å²) in [5.74, 6) is 0. The molecule has 1 unspecified atom stereocenters. The molecule has 1 fully saturated rings. The largest absolute Gasteiger partial charge is 0.304 e. The normalized spacial score (nSPS) is 23.6. The zero-order valence-electron chi connectivity index (χ0n) is 7.58. The number of nitrogens with zero attached hydrogens (tertiary/aromatic N) is 2. The molecular formula is C8H18N2P+. The molecule has 0 bridgehead atoms. The number of hydrogen-bond donors (Lipinski definition) is 0. The van der Waals surface area contributed by atoms with Gasteiger partial charge in [-0.05, 0) is 7.05 Å². The Labute approximate surface area is 70.6 Å². The predicted octanol–water partition coefficient (Wildman–Crippen LogP) is 0.735. The van der Waals surface area contributed by atoms with Crippen LogP contribution in [-0.2, 0) is 0 Å². The summed E-state index contributed by atoms with van der Waals surface area (Å²) in [6.45, 7) is 7.16. The smallest absolute Gasteiger partial charge is 0.159 e. The Morgan fingerprint density at radius 2 is 1.82 bits per heavy atom. The van der Waals surface area contributed by atoms with Gasteiger partial charge in [0.15, 0.2) is 6.29 Å². The molecule has 1 atom stereocenters. The van der Waals surface area contributed by atoms with Crippen LogP contribution < -0.4 is 0 Å². The van der Waals surface area contributed by atoms with Gasteiger partial charge in [-0.1, -0.05) is 0 Å². The Kier molecular flexibility index (Phi) is 3.50. The summed E-state index contributed by atoms with van der Waals surface area (Å²) in [6, 6.07) is 0. The highest BCUT2D eigenvalue weighted by Gasteiger charge is 2.15. The second-order valence-electron chi connectivity index (χ2n) is 3.42. The number of hydrogen-bond acceptors (Lipinski definition) is 2. The summed E-state index contributed by atoms with van der Waals surface area (Å²) < 4.78 is 0. The van der Waals surface area contributed by atoms with Crippen molar-refractivity contribution in [3.63, 3.8) is 0 Å². The topological polar surface area (TPSA) is 6.48 Å². The van der Waals surface area contributed by atoms with Crippen molar-refractivity contribution in [1.82, 2.24) is 9.80 Å². The van der Waals surface area contributed by atoms with Gasteiger partial charge < -0.3 is 4.90 Å². The van der Waals surface area contributed by atoms with Crippen molar-refractivity contribution >= 4 is 13.8 Å². The van der Waals surface area contributed by atoms with E-state index in [1.807, 2.05) is 0 Å². The standard InChI is InChI=1S/C8H18N2P/c1-9-4-6-10(7-5-9)8-11(2)3/h2,4-8H2,1,3H3/q+1. The lowest BCUT2D eigenvalue weighted by Gasteiger charge is -2.29. The molecule has 1 rings (SSSR count). The monoisotopic (exact) mass is 173 g/mol. The molecule has 0 aromatic carbocycles. The van der Waals surface area contributed by atoms with Crippen molar-refractivity contribution < 1.29 is 0 Å². The SMILES string of the molecule is C=[P+](C)CN1CCN(C)CC1. The van der Waals surface area contributed by atoms with Crippen LogP contribution in [0.1, 0.15) is 0 Å². The molecule has 0 aromatic rings. The van der Waals surface area contributed by atoms with Gasteiger partial charge in [0.1, 0.15) is 0 Å². The van der Waals surface area contributed by atoms with Crippen molar-refractivity contribution in [3.05, 3.63) is 0 Å². The molecule has 2 nitrogen and oxygen atoms in total. The van der Waals surface area contributed by atoms with Crippen molar-refractivity contribution in [2.75, 3.05) is 46.2 Å². The van der Waals surface area contributed by atoms with E-state index in [4.69, 9.17) is 0 Å². The van der Waals surface area contributed by atoms with Crippen molar-refractivity contribution in [2.24, 2.45) is 0 Å². The van der Waals surface area contributed by atoms with E-state index in [1.165, 1.54) is 32.5 Å². The lowest BCUT2D eigenvalue weighted by molar-refractivity contribution is 0.174. The number of piperazine rings is 1. The number of likely N-dealkylation sites (N-methyl/N-ethyl adjacent to an activating group) is 1. The summed E-state index contributed by atoms with van der Waals surface area (Å²) in [5, 5.41) is 0. The van der Waals surface area contributed by atoms with Crippen molar-refractivity contribution in [2.45, 2.75) is 0 Å².